The molecule has 1 rings (SSSR count). The highest BCUT2D eigenvalue weighted by molar-refractivity contribution is 5.91. The van der Waals surface area contributed by atoms with E-state index in [1.807, 2.05) is 12.1 Å². The molecule has 0 bridgehead atoms. The summed E-state index contributed by atoms with van der Waals surface area (Å²) in [5.41, 5.74) is 6.20. The van der Waals surface area contributed by atoms with Crippen molar-refractivity contribution in [3.05, 3.63) is 30.1 Å². The monoisotopic (exact) mass is 362 g/mol. The summed E-state index contributed by atoms with van der Waals surface area (Å²) >= 11 is 0. The lowest BCUT2D eigenvalue weighted by molar-refractivity contribution is -0.131. The molecular weight excluding hydrogens is 332 g/mol. The fourth-order valence-corrected chi connectivity index (χ4v) is 2.57. The zero-order valence-corrected chi connectivity index (χ0v) is 15.5. The Balaban J connectivity index is 2.39. The number of unbranched alkanes of at least 4 members (excludes halogenated alkanes) is 4. The number of carbonyl (C=O) groups excluding carboxylic acids is 3. The molecule has 1 aromatic rings. The van der Waals surface area contributed by atoms with Crippen molar-refractivity contribution in [3.8, 4) is 0 Å². The molecule has 0 aliphatic carbocycles. The fraction of sp³-hybridized carbons (Fsp3) is 0.579. The lowest BCUT2D eigenvalue weighted by Gasteiger charge is -2.17. The number of aromatic nitrogens is 1. The molecule has 7 heteroatoms. The van der Waals surface area contributed by atoms with Crippen LogP contribution >= 0.6 is 0 Å². The maximum Gasteiger partial charge on any atom is 0.243 e. The van der Waals surface area contributed by atoms with Crippen LogP contribution in [-0.4, -0.2) is 35.3 Å². The molecule has 7 nitrogen and oxygen atoms in total. The van der Waals surface area contributed by atoms with E-state index in [0.29, 0.717) is 19.4 Å². The molecular formula is C19H30N4O3. The van der Waals surface area contributed by atoms with Gasteiger partial charge in [-0.15, -0.1) is 0 Å². The second-order valence-corrected chi connectivity index (χ2v) is 6.36. The van der Waals surface area contributed by atoms with Crippen LogP contribution in [0.3, 0.4) is 0 Å². The number of nitrogens with zero attached hydrogens (tertiary/aromatic N) is 1. The molecule has 1 atom stereocenters. The number of nitrogens with two attached hydrogens (primary N) is 1. The summed E-state index contributed by atoms with van der Waals surface area (Å²) in [6.07, 6.45) is 9.34. The van der Waals surface area contributed by atoms with Crippen LogP contribution in [0, 0.1) is 0 Å². The van der Waals surface area contributed by atoms with E-state index < -0.39 is 17.9 Å². The molecule has 0 aliphatic rings. The number of hydrogen-bond acceptors (Lipinski definition) is 4. The molecule has 0 saturated carbocycles. The van der Waals surface area contributed by atoms with Gasteiger partial charge in [-0.05, 0) is 24.5 Å². The number of amides is 3. The normalized spacial score (nSPS) is 11.6. The Morgan fingerprint density at radius 3 is 2.62 bits per heavy atom. The van der Waals surface area contributed by atoms with Crippen molar-refractivity contribution in [2.45, 2.75) is 64.3 Å². The Kier molecular flexibility index (Phi) is 10.7. The van der Waals surface area contributed by atoms with E-state index in [9.17, 15) is 14.4 Å². The molecule has 0 radical (unpaired) electrons. The molecule has 0 saturated heterocycles. The predicted octanol–water partition coefficient (Wildman–Crippen LogP) is 1.46. The number of hydrogen-bond donors (Lipinski definition) is 3. The summed E-state index contributed by atoms with van der Waals surface area (Å²) < 4.78 is 0. The molecule has 1 heterocycles. The Labute approximate surface area is 155 Å². The Bertz CT molecular complexity index is 563. The summed E-state index contributed by atoms with van der Waals surface area (Å²) in [6.45, 7) is 2.53. The second-order valence-electron chi connectivity index (χ2n) is 6.36. The van der Waals surface area contributed by atoms with Crippen molar-refractivity contribution in [2.24, 2.45) is 5.73 Å². The molecule has 144 valence electrons. The number of pyridine rings is 1. The molecule has 0 fully saturated rings. The lowest BCUT2D eigenvalue weighted by Crippen LogP contribution is -2.48. The van der Waals surface area contributed by atoms with Crippen molar-refractivity contribution >= 4 is 17.7 Å². The molecule has 0 unspecified atom stereocenters. The summed E-state index contributed by atoms with van der Waals surface area (Å²) in [4.78, 5) is 39.5. The zero-order valence-electron chi connectivity index (χ0n) is 15.5. The minimum atomic E-state index is -0.926. The smallest absolute Gasteiger partial charge is 0.243 e. The van der Waals surface area contributed by atoms with Gasteiger partial charge in [0.05, 0.1) is 6.42 Å². The third-order valence-electron chi connectivity index (χ3n) is 4.00. The van der Waals surface area contributed by atoms with Gasteiger partial charge in [0.15, 0.2) is 0 Å². The molecule has 0 aromatic carbocycles. The molecule has 0 aliphatic heterocycles. The van der Waals surface area contributed by atoms with E-state index in [2.05, 4.69) is 22.5 Å². The van der Waals surface area contributed by atoms with Gasteiger partial charge in [0.25, 0.3) is 0 Å². The predicted molar refractivity (Wildman–Crippen MR) is 100 cm³/mol. The largest absolute Gasteiger partial charge is 0.370 e. The molecule has 3 amide bonds. The van der Waals surface area contributed by atoms with Crippen LogP contribution in [0.5, 0.6) is 0 Å². The van der Waals surface area contributed by atoms with E-state index in [4.69, 9.17) is 5.73 Å². The van der Waals surface area contributed by atoms with Crippen molar-refractivity contribution in [1.29, 1.82) is 0 Å². The first kappa shape index (κ1) is 21.6. The summed E-state index contributed by atoms with van der Waals surface area (Å²) in [6, 6.07) is 2.82. The van der Waals surface area contributed by atoms with Crippen LogP contribution < -0.4 is 16.4 Å². The van der Waals surface area contributed by atoms with E-state index in [1.54, 1.807) is 12.4 Å². The Morgan fingerprint density at radius 1 is 1.19 bits per heavy atom. The zero-order chi connectivity index (χ0) is 19.2. The number of primary amides is 1. The van der Waals surface area contributed by atoms with Gasteiger partial charge < -0.3 is 16.4 Å². The SMILES string of the molecule is CCCCCCCC(=O)N[C@H](CC(N)=O)C(=O)NCCc1cccnc1. The van der Waals surface area contributed by atoms with Crippen molar-refractivity contribution in [2.75, 3.05) is 6.54 Å². The standard InChI is InChI=1S/C19H30N4O3/c1-2-3-4-5-6-9-18(25)23-16(13-17(20)24)19(26)22-12-10-15-8-7-11-21-14-15/h7-8,11,14,16H,2-6,9-10,12-13H2,1H3,(H2,20,24)(H,22,26)(H,23,25)/t16-/m1/s1. The minimum absolute atomic E-state index is 0.208. The first-order chi connectivity index (χ1) is 12.5. The van der Waals surface area contributed by atoms with Crippen LogP contribution in [0.15, 0.2) is 24.5 Å². The van der Waals surface area contributed by atoms with E-state index in [1.165, 1.54) is 0 Å². The van der Waals surface area contributed by atoms with Crippen LogP contribution in [-0.2, 0) is 20.8 Å². The van der Waals surface area contributed by atoms with Gasteiger partial charge in [-0.3, -0.25) is 19.4 Å². The van der Waals surface area contributed by atoms with Crippen LogP contribution in [0.2, 0.25) is 0 Å². The number of carbonyl (C=O) groups is 3. The van der Waals surface area contributed by atoms with Crippen molar-refractivity contribution in [3.63, 3.8) is 0 Å². The van der Waals surface area contributed by atoms with E-state index in [-0.39, 0.29) is 12.3 Å². The molecule has 26 heavy (non-hydrogen) atoms. The first-order valence-corrected chi connectivity index (χ1v) is 9.27. The topological polar surface area (TPSA) is 114 Å². The maximum atomic E-state index is 12.3. The Morgan fingerprint density at radius 2 is 1.96 bits per heavy atom. The maximum absolute atomic E-state index is 12.3. The van der Waals surface area contributed by atoms with Gasteiger partial charge in [0.1, 0.15) is 6.04 Å². The van der Waals surface area contributed by atoms with Crippen molar-refractivity contribution in [1.82, 2.24) is 15.6 Å². The lowest BCUT2D eigenvalue weighted by atomic mass is 10.1. The molecule has 1 aromatic heterocycles. The van der Waals surface area contributed by atoms with Gasteiger partial charge >= 0.3 is 0 Å². The van der Waals surface area contributed by atoms with Gasteiger partial charge in [-0.25, -0.2) is 0 Å². The highest BCUT2D eigenvalue weighted by atomic mass is 16.2. The second kappa shape index (κ2) is 12.9. The Hall–Kier alpha value is -2.44. The first-order valence-electron chi connectivity index (χ1n) is 9.27. The van der Waals surface area contributed by atoms with Crippen LogP contribution in [0.1, 0.15) is 57.4 Å². The third-order valence-corrected chi connectivity index (χ3v) is 4.00. The van der Waals surface area contributed by atoms with Crippen LogP contribution in [0.25, 0.3) is 0 Å². The third kappa shape index (κ3) is 9.76. The van der Waals surface area contributed by atoms with Gasteiger partial charge in [0, 0.05) is 25.4 Å². The highest BCUT2D eigenvalue weighted by Gasteiger charge is 2.22. The quantitative estimate of drug-likeness (QED) is 0.461. The highest BCUT2D eigenvalue weighted by Crippen LogP contribution is 2.05. The minimum Gasteiger partial charge on any atom is -0.370 e. The number of rotatable bonds is 13. The average Bonchev–Trinajstić information content (AvgIpc) is 2.61. The van der Waals surface area contributed by atoms with E-state index >= 15 is 0 Å². The van der Waals surface area contributed by atoms with Gasteiger partial charge in [-0.2, -0.15) is 0 Å². The summed E-state index contributed by atoms with van der Waals surface area (Å²) in [7, 11) is 0. The summed E-state index contributed by atoms with van der Waals surface area (Å²) in [5.74, 6) is -1.25. The van der Waals surface area contributed by atoms with Crippen molar-refractivity contribution < 1.29 is 14.4 Å². The average molecular weight is 362 g/mol. The summed E-state index contributed by atoms with van der Waals surface area (Å²) in [5, 5.41) is 5.36. The molecule has 4 N–H and O–H groups in total. The van der Waals surface area contributed by atoms with E-state index in [0.717, 1.165) is 37.7 Å². The molecule has 0 spiro atoms. The van der Waals surface area contributed by atoms with Gasteiger partial charge in [-0.1, -0.05) is 38.7 Å². The number of nitrogens with one attached hydrogen (secondary N) is 2. The fourth-order valence-electron chi connectivity index (χ4n) is 2.57. The van der Waals surface area contributed by atoms with Crippen LogP contribution in [0.4, 0.5) is 0 Å². The van der Waals surface area contributed by atoms with Gasteiger partial charge in [0.2, 0.25) is 17.7 Å².